The molecule has 2 aromatic carbocycles. The molecule has 170 valence electrons. The minimum atomic E-state index is -0.140. The summed E-state index contributed by atoms with van der Waals surface area (Å²) in [5.74, 6) is 0.565. The minimum Gasteiger partial charge on any atom is -0.354 e. The number of nitrogens with zero attached hydrogens (tertiary/aromatic N) is 5. The average Bonchev–Trinajstić information content (AvgIpc) is 3.25. The number of para-hydroxylation sites is 1. The first-order valence-corrected chi connectivity index (χ1v) is 11.7. The molecule has 0 unspecified atom stereocenters. The van der Waals surface area contributed by atoms with Crippen molar-refractivity contribution in [2.24, 2.45) is 0 Å². The molecule has 0 radical (unpaired) electrons. The molecule has 2 aromatic heterocycles. The van der Waals surface area contributed by atoms with E-state index in [1.54, 1.807) is 12.1 Å². The van der Waals surface area contributed by atoms with Gasteiger partial charge in [-0.2, -0.15) is 0 Å². The van der Waals surface area contributed by atoms with E-state index >= 15 is 0 Å². The van der Waals surface area contributed by atoms with Crippen molar-refractivity contribution in [2.75, 3.05) is 25.9 Å². The average molecular weight is 463 g/mol. The van der Waals surface area contributed by atoms with Crippen molar-refractivity contribution in [1.82, 2.24) is 29.4 Å². The van der Waals surface area contributed by atoms with Gasteiger partial charge in [0.2, 0.25) is 11.7 Å². The molecule has 9 heteroatoms. The number of rotatable bonds is 10. The number of nitrogens with one attached hydrogen (secondary N) is 1. The van der Waals surface area contributed by atoms with Crippen molar-refractivity contribution in [3.05, 3.63) is 83.2 Å². The Balaban J connectivity index is 1.40. The van der Waals surface area contributed by atoms with Crippen molar-refractivity contribution >= 4 is 34.3 Å². The number of allylic oxidation sites excluding steroid dienone is 1. The van der Waals surface area contributed by atoms with Crippen LogP contribution in [0.25, 0.3) is 16.7 Å². The number of likely N-dealkylation sites (N-methyl/N-ethyl adjacent to an activating group) is 1. The SMILES string of the molecule is C=CCn1c(=O)c2ccccc2n2c(SCC(=O)NCCN(C)Cc3ccccc3)nnc12. The van der Waals surface area contributed by atoms with E-state index in [2.05, 4.69) is 39.1 Å². The highest BCUT2D eigenvalue weighted by Crippen LogP contribution is 2.21. The second-order valence-electron chi connectivity index (χ2n) is 7.70. The lowest BCUT2D eigenvalue weighted by atomic mass is 10.2. The Morgan fingerprint density at radius 2 is 1.91 bits per heavy atom. The van der Waals surface area contributed by atoms with E-state index in [4.69, 9.17) is 0 Å². The van der Waals surface area contributed by atoms with Crippen molar-refractivity contribution in [3.63, 3.8) is 0 Å². The zero-order valence-corrected chi connectivity index (χ0v) is 19.3. The second kappa shape index (κ2) is 10.5. The Bertz CT molecular complexity index is 1330. The maximum atomic E-state index is 12.9. The van der Waals surface area contributed by atoms with Gasteiger partial charge in [-0.25, -0.2) is 0 Å². The van der Waals surface area contributed by atoms with Crippen molar-refractivity contribution in [3.8, 4) is 0 Å². The van der Waals surface area contributed by atoms with Crippen LogP contribution in [0, 0.1) is 0 Å². The van der Waals surface area contributed by atoms with E-state index in [0.29, 0.717) is 34.9 Å². The Kier molecular flexibility index (Phi) is 7.21. The van der Waals surface area contributed by atoms with Crippen LogP contribution in [-0.4, -0.2) is 55.9 Å². The molecule has 4 aromatic rings. The fourth-order valence-electron chi connectivity index (χ4n) is 3.66. The summed E-state index contributed by atoms with van der Waals surface area (Å²) in [5, 5.41) is 12.6. The van der Waals surface area contributed by atoms with Gasteiger partial charge < -0.3 is 10.2 Å². The lowest BCUT2D eigenvalue weighted by Crippen LogP contribution is -2.33. The van der Waals surface area contributed by atoms with E-state index in [1.807, 2.05) is 47.8 Å². The normalized spacial score (nSPS) is 11.3. The molecular formula is C24H26N6O2S. The van der Waals surface area contributed by atoms with Crippen LogP contribution < -0.4 is 10.9 Å². The lowest BCUT2D eigenvalue weighted by Gasteiger charge is -2.17. The summed E-state index contributed by atoms with van der Waals surface area (Å²) in [5.41, 5.74) is 1.82. The monoisotopic (exact) mass is 462 g/mol. The summed E-state index contributed by atoms with van der Waals surface area (Å²) in [7, 11) is 2.03. The van der Waals surface area contributed by atoms with Crippen LogP contribution in [0.5, 0.6) is 0 Å². The minimum absolute atomic E-state index is 0.0754. The van der Waals surface area contributed by atoms with Crippen LogP contribution in [0.3, 0.4) is 0 Å². The third-order valence-corrected chi connectivity index (χ3v) is 6.16. The van der Waals surface area contributed by atoms with E-state index < -0.39 is 0 Å². The predicted molar refractivity (Wildman–Crippen MR) is 131 cm³/mol. The second-order valence-corrected chi connectivity index (χ2v) is 8.64. The summed E-state index contributed by atoms with van der Waals surface area (Å²) in [4.78, 5) is 27.4. The number of benzene rings is 2. The fraction of sp³-hybridized carbons (Fsp3) is 0.250. The molecule has 1 N–H and O–H groups in total. The van der Waals surface area contributed by atoms with E-state index in [9.17, 15) is 9.59 Å². The molecule has 0 fully saturated rings. The molecule has 1 amide bonds. The first kappa shape index (κ1) is 22.8. The van der Waals surface area contributed by atoms with Crippen LogP contribution in [0.15, 0.2) is 77.2 Å². The van der Waals surface area contributed by atoms with E-state index in [-0.39, 0.29) is 17.2 Å². The lowest BCUT2D eigenvalue weighted by molar-refractivity contribution is -0.118. The van der Waals surface area contributed by atoms with E-state index in [0.717, 1.165) is 13.1 Å². The zero-order valence-electron chi connectivity index (χ0n) is 18.5. The summed E-state index contributed by atoms with van der Waals surface area (Å²) < 4.78 is 3.36. The topological polar surface area (TPSA) is 84.5 Å². The van der Waals surface area contributed by atoms with Crippen LogP contribution in [0.1, 0.15) is 5.56 Å². The number of hydrogen-bond acceptors (Lipinski definition) is 6. The zero-order chi connectivity index (χ0) is 23.2. The fourth-order valence-corrected chi connectivity index (χ4v) is 4.43. The number of carbonyl (C=O) groups excluding carboxylic acids is 1. The standard InChI is InChI=1S/C24H26N6O2S/c1-3-14-29-22(32)19-11-7-8-12-20(19)30-23(29)26-27-24(30)33-17-21(31)25-13-15-28(2)16-18-9-5-4-6-10-18/h3-12H,1,13-17H2,2H3,(H,25,31). The highest BCUT2D eigenvalue weighted by Gasteiger charge is 2.17. The van der Waals surface area contributed by atoms with Crippen LogP contribution in [0.2, 0.25) is 0 Å². The third kappa shape index (κ3) is 5.15. The van der Waals surface area contributed by atoms with Gasteiger partial charge in [-0.1, -0.05) is 60.3 Å². The number of hydrogen-bond donors (Lipinski definition) is 1. The van der Waals surface area contributed by atoms with Gasteiger partial charge in [-0.05, 0) is 24.7 Å². The summed E-state index contributed by atoms with van der Waals surface area (Å²) >= 11 is 1.30. The highest BCUT2D eigenvalue weighted by molar-refractivity contribution is 7.99. The molecule has 0 saturated carbocycles. The predicted octanol–water partition coefficient (Wildman–Crippen LogP) is 2.57. The van der Waals surface area contributed by atoms with Crippen molar-refractivity contribution < 1.29 is 4.79 Å². The molecule has 33 heavy (non-hydrogen) atoms. The summed E-state index contributed by atoms with van der Waals surface area (Å²) in [6.07, 6.45) is 1.65. The summed E-state index contributed by atoms with van der Waals surface area (Å²) in [6.45, 7) is 6.20. The van der Waals surface area contributed by atoms with Gasteiger partial charge in [-0.15, -0.1) is 16.8 Å². The van der Waals surface area contributed by atoms with E-state index in [1.165, 1.54) is 21.9 Å². The van der Waals surface area contributed by atoms with Gasteiger partial charge in [0.05, 0.1) is 16.7 Å². The smallest absolute Gasteiger partial charge is 0.263 e. The first-order chi connectivity index (χ1) is 16.1. The van der Waals surface area contributed by atoms with Gasteiger partial charge in [0.1, 0.15) is 0 Å². The van der Waals surface area contributed by atoms with Gasteiger partial charge in [-0.3, -0.25) is 18.6 Å². The molecule has 0 atom stereocenters. The maximum Gasteiger partial charge on any atom is 0.263 e. The molecule has 4 rings (SSSR count). The molecular weight excluding hydrogens is 436 g/mol. The summed E-state index contributed by atoms with van der Waals surface area (Å²) in [6, 6.07) is 17.6. The Morgan fingerprint density at radius 1 is 1.15 bits per heavy atom. The molecule has 0 spiro atoms. The first-order valence-electron chi connectivity index (χ1n) is 10.7. The Labute approximate surface area is 195 Å². The van der Waals surface area contributed by atoms with Crippen LogP contribution in [0.4, 0.5) is 0 Å². The molecule has 0 bridgehead atoms. The third-order valence-electron chi connectivity index (χ3n) is 5.23. The number of carbonyl (C=O) groups is 1. The Hall–Kier alpha value is -3.43. The molecule has 0 saturated heterocycles. The maximum absolute atomic E-state index is 12.9. The molecule has 0 aliphatic rings. The number of amides is 1. The van der Waals surface area contributed by atoms with Gasteiger partial charge >= 0.3 is 0 Å². The molecule has 8 nitrogen and oxygen atoms in total. The van der Waals surface area contributed by atoms with Gasteiger partial charge in [0.15, 0.2) is 5.16 Å². The van der Waals surface area contributed by atoms with Gasteiger partial charge in [0.25, 0.3) is 5.56 Å². The van der Waals surface area contributed by atoms with Crippen molar-refractivity contribution in [2.45, 2.75) is 18.2 Å². The van der Waals surface area contributed by atoms with Crippen LogP contribution in [-0.2, 0) is 17.9 Å². The Morgan fingerprint density at radius 3 is 2.70 bits per heavy atom. The highest BCUT2D eigenvalue weighted by atomic mass is 32.2. The molecule has 0 aliphatic heterocycles. The van der Waals surface area contributed by atoms with Crippen LogP contribution >= 0.6 is 11.8 Å². The molecule has 2 heterocycles. The van der Waals surface area contributed by atoms with Gasteiger partial charge in [0, 0.05) is 26.2 Å². The molecule has 0 aliphatic carbocycles. The largest absolute Gasteiger partial charge is 0.354 e. The number of thioether (sulfide) groups is 1. The number of aromatic nitrogens is 4. The quantitative estimate of drug-likeness (QED) is 0.288. The number of fused-ring (bicyclic) bond motifs is 3. The van der Waals surface area contributed by atoms with Crippen molar-refractivity contribution in [1.29, 1.82) is 0 Å².